The minimum atomic E-state index is -3.63. The number of rotatable bonds is 5. The standard InChI is InChI=1S/C18H22N2O2S/c1-18(2)16(12-20-14-6-4-3-5-7-14)17(18)13-8-10-15(11-9-13)23(19,21)22/h3-11,16-17,20H,12H2,1-2H3,(H2,19,21,22)/t16-,17-/m1/s1. The van der Waals surface area contributed by atoms with Crippen molar-refractivity contribution in [2.75, 3.05) is 11.9 Å². The van der Waals surface area contributed by atoms with E-state index < -0.39 is 10.0 Å². The Bertz CT molecular complexity index is 784. The van der Waals surface area contributed by atoms with Gasteiger partial charge in [0.15, 0.2) is 0 Å². The summed E-state index contributed by atoms with van der Waals surface area (Å²) < 4.78 is 22.7. The summed E-state index contributed by atoms with van der Waals surface area (Å²) in [6.07, 6.45) is 0. The fraction of sp³-hybridized carbons (Fsp3) is 0.333. The van der Waals surface area contributed by atoms with Gasteiger partial charge in [-0.3, -0.25) is 0 Å². The molecule has 0 spiro atoms. The number of sulfonamides is 1. The number of nitrogens with two attached hydrogens (primary N) is 1. The van der Waals surface area contributed by atoms with Crippen molar-refractivity contribution in [1.82, 2.24) is 0 Å². The summed E-state index contributed by atoms with van der Waals surface area (Å²) in [5.74, 6) is 0.941. The molecule has 1 aliphatic carbocycles. The maximum atomic E-state index is 11.3. The molecule has 5 heteroatoms. The molecule has 1 fully saturated rings. The van der Waals surface area contributed by atoms with E-state index in [1.165, 1.54) is 5.56 Å². The number of primary sulfonamides is 1. The molecule has 0 amide bonds. The van der Waals surface area contributed by atoms with Gasteiger partial charge in [-0.1, -0.05) is 44.2 Å². The normalized spacial score (nSPS) is 22.6. The van der Waals surface area contributed by atoms with Gasteiger partial charge in [0.25, 0.3) is 0 Å². The highest BCUT2D eigenvalue weighted by atomic mass is 32.2. The summed E-state index contributed by atoms with van der Waals surface area (Å²) in [6.45, 7) is 5.41. The van der Waals surface area contributed by atoms with E-state index in [9.17, 15) is 8.42 Å². The second kappa shape index (κ2) is 5.65. The van der Waals surface area contributed by atoms with Gasteiger partial charge in [-0.05, 0) is 47.1 Å². The Morgan fingerprint density at radius 1 is 1.04 bits per heavy atom. The number of anilines is 1. The Balaban J connectivity index is 1.71. The molecule has 1 saturated carbocycles. The molecule has 0 aromatic heterocycles. The van der Waals surface area contributed by atoms with Gasteiger partial charge >= 0.3 is 0 Å². The van der Waals surface area contributed by atoms with Crippen molar-refractivity contribution in [2.45, 2.75) is 24.7 Å². The largest absolute Gasteiger partial charge is 0.385 e. The summed E-state index contributed by atoms with van der Waals surface area (Å²) in [5.41, 5.74) is 2.49. The second-order valence-corrected chi connectivity index (χ2v) is 8.33. The highest BCUT2D eigenvalue weighted by Gasteiger charge is 2.57. The van der Waals surface area contributed by atoms with Crippen LogP contribution in [0.25, 0.3) is 0 Å². The van der Waals surface area contributed by atoms with E-state index in [-0.39, 0.29) is 10.3 Å². The first kappa shape index (κ1) is 16.0. The Morgan fingerprint density at radius 2 is 1.65 bits per heavy atom. The van der Waals surface area contributed by atoms with Crippen molar-refractivity contribution in [2.24, 2.45) is 16.5 Å². The number of para-hydroxylation sites is 1. The topological polar surface area (TPSA) is 72.2 Å². The van der Waals surface area contributed by atoms with Crippen molar-refractivity contribution < 1.29 is 8.42 Å². The van der Waals surface area contributed by atoms with Crippen LogP contribution < -0.4 is 10.5 Å². The number of benzene rings is 2. The lowest BCUT2D eigenvalue weighted by atomic mass is 10.0. The smallest absolute Gasteiger partial charge is 0.238 e. The Kier molecular flexibility index (Phi) is 3.94. The maximum Gasteiger partial charge on any atom is 0.238 e. The van der Waals surface area contributed by atoms with Crippen molar-refractivity contribution >= 4 is 15.7 Å². The first-order valence-corrected chi connectivity index (χ1v) is 9.26. The summed E-state index contributed by atoms with van der Waals surface area (Å²) >= 11 is 0. The van der Waals surface area contributed by atoms with Gasteiger partial charge in [0.2, 0.25) is 10.0 Å². The van der Waals surface area contributed by atoms with Crippen LogP contribution in [0.15, 0.2) is 59.5 Å². The Labute approximate surface area is 137 Å². The van der Waals surface area contributed by atoms with Crippen LogP contribution in [0.2, 0.25) is 0 Å². The van der Waals surface area contributed by atoms with Gasteiger partial charge in [0, 0.05) is 12.2 Å². The number of hydrogen-bond acceptors (Lipinski definition) is 3. The lowest BCUT2D eigenvalue weighted by Gasteiger charge is -2.06. The fourth-order valence-corrected chi connectivity index (χ4v) is 3.95. The highest BCUT2D eigenvalue weighted by Crippen LogP contribution is 2.64. The van der Waals surface area contributed by atoms with Crippen LogP contribution >= 0.6 is 0 Å². The molecule has 1 aliphatic rings. The van der Waals surface area contributed by atoms with E-state index in [0.717, 1.165) is 12.2 Å². The third-order valence-corrected chi connectivity index (χ3v) is 5.85. The van der Waals surface area contributed by atoms with Gasteiger partial charge in [-0.15, -0.1) is 0 Å². The Hall–Kier alpha value is -1.85. The van der Waals surface area contributed by atoms with Crippen LogP contribution in [0.3, 0.4) is 0 Å². The molecule has 0 bridgehead atoms. The highest BCUT2D eigenvalue weighted by molar-refractivity contribution is 7.89. The monoisotopic (exact) mass is 330 g/mol. The van der Waals surface area contributed by atoms with Gasteiger partial charge in [0.05, 0.1) is 4.90 Å². The maximum absolute atomic E-state index is 11.3. The molecule has 2 atom stereocenters. The van der Waals surface area contributed by atoms with Crippen LogP contribution in [0.5, 0.6) is 0 Å². The molecular formula is C18H22N2O2S. The molecule has 2 aromatic rings. The third-order valence-electron chi connectivity index (χ3n) is 4.92. The zero-order valence-corrected chi connectivity index (χ0v) is 14.2. The predicted molar refractivity (Wildman–Crippen MR) is 92.8 cm³/mol. The van der Waals surface area contributed by atoms with Crippen LogP contribution in [0.4, 0.5) is 5.69 Å². The molecule has 0 saturated heterocycles. The van der Waals surface area contributed by atoms with Crippen LogP contribution in [-0.4, -0.2) is 15.0 Å². The molecule has 3 N–H and O–H groups in total. The first-order valence-electron chi connectivity index (χ1n) is 7.72. The zero-order valence-electron chi connectivity index (χ0n) is 13.4. The molecular weight excluding hydrogens is 308 g/mol. The Morgan fingerprint density at radius 3 is 2.22 bits per heavy atom. The van der Waals surface area contributed by atoms with Crippen molar-refractivity contribution in [1.29, 1.82) is 0 Å². The molecule has 23 heavy (non-hydrogen) atoms. The van der Waals surface area contributed by atoms with Crippen LogP contribution in [-0.2, 0) is 10.0 Å². The lowest BCUT2D eigenvalue weighted by molar-refractivity contribution is 0.565. The summed E-state index contributed by atoms with van der Waals surface area (Å²) in [4.78, 5) is 0.165. The molecule has 3 rings (SSSR count). The quantitative estimate of drug-likeness (QED) is 0.884. The molecule has 0 aliphatic heterocycles. The SMILES string of the molecule is CC1(C)[C@H](CNc2ccccc2)[C@H]1c1ccc(S(N)(=O)=O)cc1. The molecule has 122 valence electrons. The van der Waals surface area contributed by atoms with Gasteiger partial charge in [-0.2, -0.15) is 0 Å². The fourth-order valence-electron chi connectivity index (χ4n) is 3.44. The third kappa shape index (κ3) is 3.26. The summed E-state index contributed by atoms with van der Waals surface area (Å²) in [5, 5.41) is 8.64. The second-order valence-electron chi connectivity index (χ2n) is 6.77. The van der Waals surface area contributed by atoms with E-state index >= 15 is 0 Å². The molecule has 0 unspecified atom stereocenters. The van der Waals surface area contributed by atoms with Gasteiger partial charge < -0.3 is 5.32 Å². The number of hydrogen-bond donors (Lipinski definition) is 2. The van der Waals surface area contributed by atoms with Crippen LogP contribution in [0, 0.1) is 11.3 Å². The van der Waals surface area contributed by atoms with Crippen molar-refractivity contribution in [3.8, 4) is 0 Å². The molecule has 4 nitrogen and oxygen atoms in total. The molecule has 0 radical (unpaired) electrons. The zero-order chi connectivity index (χ0) is 16.7. The molecule has 0 heterocycles. The first-order chi connectivity index (χ1) is 10.8. The predicted octanol–water partition coefficient (Wildman–Crippen LogP) is 3.19. The van der Waals surface area contributed by atoms with Crippen molar-refractivity contribution in [3.63, 3.8) is 0 Å². The average Bonchev–Trinajstić information content (AvgIpc) is 3.06. The van der Waals surface area contributed by atoms with Gasteiger partial charge in [0.1, 0.15) is 0 Å². The van der Waals surface area contributed by atoms with Crippen molar-refractivity contribution in [3.05, 3.63) is 60.2 Å². The number of nitrogens with one attached hydrogen (secondary N) is 1. The van der Waals surface area contributed by atoms with E-state index in [1.54, 1.807) is 12.1 Å². The lowest BCUT2D eigenvalue weighted by Crippen LogP contribution is -2.11. The van der Waals surface area contributed by atoms with Crippen LogP contribution in [0.1, 0.15) is 25.3 Å². The van der Waals surface area contributed by atoms with E-state index in [1.807, 2.05) is 30.3 Å². The molecule has 2 aromatic carbocycles. The average molecular weight is 330 g/mol. The summed E-state index contributed by atoms with van der Waals surface area (Å²) in [7, 11) is -3.63. The van der Waals surface area contributed by atoms with Gasteiger partial charge in [-0.25, -0.2) is 13.6 Å². The van der Waals surface area contributed by atoms with E-state index in [2.05, 4.69) is 31.3 Å². The van der Waals surface area contributed by atoms with E-state index in [4.69, 9.17) is 5.14 Å². The summed E-state index contributed by atoms with van der Waals surface area (Å²) in [6, 6.07) is 17.1. The minimum Gasteiger partial charge on any atom is -0.385 e. The van der Waals surface area contributed by atoms with E-state index in [0.29, 0.717) is 11.8 Å². The minimum absolute atomic E-state index is 0.165.